The second-order valence-corrected chi connectivity index (χ2v) is 7.26. The number of hydrogen-bond donors (Lipinski definition) is 1. The van der Waals surface area contributed by atoms with Crippen LogP contribution in [-0.4, -0.2) is 36.5 Å². The molecule has 0 spiro atoms. The summed E-state index contributed by atoms with van der Waals surface area (Å²) in [7, 11) is 0. The molecular weight excluding hydrogens is 236 g/mol. The molecule has 110 valence electrons. The Labute approximate surface area is 118 Å². The van der Waals surface area contributed by atoms with E-state index in [1.165, 1.54) is 25.9 Å². The van der Waals surface area contributed by atoms with Crippen molar-refractivity contribution >= 4 is 5.91 Å². The van der Waals surface area contributed by atoms with Crippen molar-refractivity contribution in [1.82, 2.24) is 10.2 Å². The fraction of sp³-hybridized carbons (Fsp3) is 0.938. The molecule has 1 aliphatic carbocycles. The summed E-state index contributed by atoms with van der Waals surface area (Å²) in [5, 5.41) is 3.25. The predicted molar refractivity (Wildman–Crippen MR) is 78.9 cm³/mol. The molecule has 1 N–H and O–H groups in total. The molecule has 1 amide bonds. The fourth-order valence-corrected chi connectivity index (χ4v) is 3.00. The quantitative estimate of drug-likeness (QED) is 0.829. The van der Waals surface area contributed by atoms with E-state index >= 15 is 0 Å². The lowest BCUT2D eigenvalue weighted by molar-refractivity contribution is -0.125. The van der Waals surface area contributed by atoms with E-state index < -0.39 is 0 Å². The highest BCUT2D eigenvalue weighted by Gasteiger charge is 2.33. The highest BCUT2D eigenvalue weighted by molar-refractivity contribution is 5.78. The number of carbonyl (C=O) groups is 1. The zero-order valence-electron chi connectivity index (χ0n) is 13.0. The normalized spacial score (nSPS) is 28.9. The van der Waals surface area contributed by atoms with Gasteiger partial charge in [-0.25, -0.2) is 0 Å². The minimum absolute atomic E-state index is 0.0938. The maximum Gasteiger partial charge on any atom is 0.222 e. The third-order valence-electron chi connectivity index (χ3n) is 4.59. The largest absolute Gasteiger partial charge is 0.352 e. The Kier molecular flexibility index (Phi) is 4.88. The summed E-state index contributed by atoms with van der Waals surface area (Å²) in [5.74, 6) is 2.68. The molecule has 0 aromatic carbocycles. The van der Waals surface area contributed by atoms with Crippen LogP contribution in [-0.2, 0) is 4.79 Å². The van der Waals surface area contributed by atoms with Crippen LogP contribution in [0.5, 0.6) is 0 Å². The molecule has 1 aliphatic heterocycles. The van der Waals surface area contributed by atoms with Gasteiger partial charge in [0.1, 0.15) is 0 Å². The Balaban J connectivity index is 1.91. The van der Waals surface area contributed by atoms with Gasteiger partial charge < -0.3 is 10.2 Å². The molecule has 2 fully saturated rings. The van der Waals surface area contributed by atoms with Gasteiger partial charge in [0, 0.05) is 31.6 Å². The summed E-state index contributed by atoms with van der Waals surface area (Å²) in [5.41, 5.74) is 0. The average Bonchev–Trinajstić information content (AvgIpc) is 3.12. The van der Waals surface area contributed by atoms with E-state index in [9.17, 15) is 4.79 Å². The number of nitrogens with one attached hydrogen (secondary N) is 1. The Morgan fingerprint density at radius 1 is 1.21 bits per heavy atom. The number of piperidine rings is 1. The zero-order chi connectivity index (χ0) is 14.0. The van der Waals surface area contributed by atoms with Crippen molar-refractivity contribution in [2.75, 3.05) is 19.6 Å². The van der Waals surface area contributed by atoms with E-state index in [1.807, 2.05) is 13.8 Å². The van der Waals surface area contributed by atoms with Crippen LogP contribution in [0, 0.1) is 23.7 Å². The highest BCUT2D eigenvalue weighted by atomic mass is 16.1. The first-order chi connectivity index (χ1) is 8.95. The van der Waals surface area contributed by atoms with Crippen LogP contribution in [0.15, 0.2) is 0 Å². The molecule has 1 saturated carbocycles. The van der Waals surface area contributed by atoms with Gasteiger partial charge in [-0.15, -0.1) is 0 Å². The lowest BCUT2D eigenvalue weighted by atomic mass is 9.85. The maximum absolute atomic E-state index is 11.9. The number of rotatable bonds is 5. The van der Waals surface area contributed by atoms with Crippen LogP contribution in [0.1, 0.15) is 47.0 Å². The molecule has 3 heteroatoms. The topological polar surface area (TPSA) is 32.3 Å². The minimum atomic E-state index is 0.0938. The Morgan fingerprint density at radius 2 is 1.89 bits per heavy atom. The van der Waals surface area contributed by atoms with Gasteiger partial charge >= 0.3 is 0 Å². The van der Waals surface area contributed by atoms with Crippen LogP contribution in [0.3, 0.4) is 0 Å². The van der Waals surface area contributed by atoms with E-state index in [0.717, 1.165) is 24.8 Å². The van der Waals surface area contributed by atoms with Crippen LogP contribution in [0.25, 0.3) is 0 Å². The summed E-state index contributed by atoms with van der Waals surface area (Å²) in [6.07, 6.45) is 3.97. The van der Waals surface area contributed by atoms with Crippen molar-refractivity contribution in [3.8, 4) is 0 Å². The molecule has 1 heterocycles. The third-order valence-corrected chi connectivity index (χ3v) is 4.59. The van der Waals surface area contributed by atoms with Crippen molar-refractivity contribution in [2.45, 2.75) is 53.0 Å². The van der Waals surface area contributed by atoms with Crippen molar-refractivity contribution in [3.63, 3.8) is 0 Å². The summed E-state index contributed by atoms with van der Waals surface area (Å²) in [4.78, 5) is 14.5. The lowest BCUT2D eigenvalue weighted by Crippen LogP contribution is -2.52. The number of amides is 1. The van der Waals surface area contributed by atoms with Gasteiger partial charge in [-0.2, -0.15) is 0 Å². The van der Waals surface area contributed by atoms with Gasteiger partial charge in [0.05, 0.1) is 0 Å². The monoisotopic (exact) mass is 266 g/mol. The summed E-state index contributed by atoms with van der Waals surface area (Å²) in [6, 6.07) is 0.356. The van der Waals surface area contributed by atoms with Crippen LogP contribution < -0.4 is 5.32 Å². The number of likely N-dealkylation sites (tertiary alicyclic amines) is 1. The van der Waals surface area contributed by atoms with Crippen LogP contribution in [0.2, 0.25) is 0 Å². The highest BCUT2D eigenvalue weighted by Crippen LogP contribution is 2.32. The number of carbonyl (C=O) groups excluding carboxylic acids is 1. The first-order valence-corrected chi connectivity index (χ1v) is 7.98. The molecule has 0 aromatic rings. The molecule has 2 unspecified atom stereocenters. The summed E-state index contributed by atoms with van der Waals surface area (Å²) >= 11 is 0. The third kappa shape index (κ3) is 4.48. The van der Waals surface area contributed by atoms with Crippen LogP contribution in [0.4, 0.5) is 0 Å². The van der Waals surface area contributed by atoms with Crippen molar-refractivity contribution in [3.05, 3.63) is 0 Å². The molecule has 0 radical (unpaired) electrons. The predicted octanol–water partition coefficient (Wildman–Crippen LogP) is 2.52. The molecule has 19 heavy (non-hydrogen) atoms. The van der Waals surface area contributed by atoms with Crippen molar-refractivity contribution in [2.24, 2.45) is 23.7 Å². The van der Waals surface area contributed by atoms with E-state index in [-0.39, 0.29) is 11.8 Å². The lowest BCUT2D eigenvalue weighted by Gasteiger charge is -2.40. The van der Waals surface area contributed by atoms with Gasteiger partial charge in [0.2, 0.25) is 5.91 Å². The van der Waals surface area contributed by atoms with Gasteiger partial charge in [0.15, 0.2) is 0 Å². The molecule has 0 bridgehead atoms. The Hall–Kier alpha value is -0.570. The zero-order valence-corrected chi connectivity index (χ0v) is 13.0. The van der Waals surface area contributed by atoms with E-state index in [0.29, 0.717) is 12.0 Å². The first kappa shape index (κ1) is 14.8. The molecule has 0 aromatic heterocycles. The second kappa shape index (κ2) is 6.25. The van der Waals surface area contributed by atoms with Crippen molar-refractivity contribution in [1.29, 1.82) is 0 Å². The molecular formula is C16H30N2O. The molecule has 2 aliphatic rings. The Bertz CT molecular complexity index is 310. The van der Waals surface area contributed by atoms with Gasteiger partial charge in [0.25, 0.3) is 0 Å². The van der Waals surface area contributed by atoms with Crippen molar-refractivity contribution < 1.29 is 4.79 Å². The van der Waals surface area contributed by atoms with Gasteiger partial charge in [-0.3, -0.25) is 4.79 Å². The first-order valence-electron chi connectivity index (χ1n) is 7.98. The standard InChI is InChI=1S/C16H30N2O/c1-11(2)14-7-15(17-16(19)12(3)4)10-18(9-14)8-13-5-6-13/h11-15H,5-10H2,1-4H3,(H,17,19). The van der Waals surface area contributed by atoms with Gasteiger partial charge in [-0.1, -0.05) is 27.7 Å². The van der Waals surface area contributed by atoms with E-state index in [1.54, 1.807) is 0 Å². The van der Waals surface area contributed by atoms with E-state index in [2.05, 4.69) is 24.1 Å². The SMILES string of the molecule is CC(C)C(=O)NC1CC(C(C)C)CN(CC2CC2)C1. The molecule has 1 saturated heterocycles. The second-order valence-electron chi connectivity index (χ2n) is 7.26. The molecule has 2 rings (SSSR count). The minimum Gasteiger partial charge on any atom is -0.352 e. The summed E-state index contributed by atoms with van der Waals surface area (Å²) < 4.78 is 0. The van der Waals surface area contributed by atoms with Crippen LogP contribution >= 0.6 is 0 Å². The fourth-order valence-electron chi connectivity index (χ4n) is 3.00. The molecule has 2 atom stereocenters. The average molecular weight is 266 g/mol. The number of nitrogens with zero attached hydrogens (tertiary/aromatic N) is 1. The maximum atomic E-state index is 11.9. The van der Waals surface area contributed by atoms with Gasteiger partial charge in [-0.05, 0) is 37.0 Å². The molecule has 3 nitrogen and oxygen atoms in total. The number of hydrogen-bond acceptors (Lipinski definition) is 2. The summed E-state index contributed by atoms with van der Waals surface area (Å²) in [6.45, 7) is 12.1. The van der Waals surface area contributed by atoms with E-state index in [4.69, 9.17) is 0 Å². The Morgan fingerprint density at radius 3 is 2.42 bits per heavy atom. The smallest absolute Gasteiger partial charge is 0.222 e.